The maximum absolute atomic E-state index is 13.5. The van der Waals surface area contributed by atoms with Crippen LogP contribution in [0.3, 0.4) is 0 Å². The summed E-state index contributed by atoms with van der Waals surface area (Å²) in [5.74, 6) is -0.448. The van der Waals surface area contributed by atoms with E-state index < -0.39 is 17.1 Å². The highest BCUT2D eigenvalue weighted by Crippen LogP contribution is 2.38. The number of benzene rings is 3. The molecular formula is C35H32N4O4S2. The number of rotatable bonds is 10. The van der Waals surface area contributed by atoms with Crippen LogP contribution in [0.15, 0.2) is 89.5 Å². The van der Waals surface area contributed by atoms with Crippen LogP contribution < -0.4 is 20.7 Å². The van der Waals surface area contributed by atoms with Gasteiger partial charge in [-0.15, -0.1) is 23.1 Å². The molecule has 0 radical (unpaired) electrons. The quantitative estimate of drug-likeness (QED) is 0.127. The van der Waals surface area contributed by atoms with Crippen LogP contribution in [0.5, 0.6) is 5.75 Å². The Labute approximate surface area is 270 Å². The first-order valence-corrected chi connectivity index (χ1v) is 16.2. The Bertz CT molecular complexity index is 1780. The van der Waals surface area contributed by atoms with Crippen molar-refractivity contribution in [1.29, 1.82) is 5.26 Å². The molecule has 228 valence electrons. The number of nitrogens with one attached hydrogen (secondary N) is 3. The molecule has 0 fully saturated rings. The number of carbonyl (C=O) groups excluding carboxylic acids is 3. The highest BCUT2D eigenvalue weighted by molar-refractivity contribution is 8.00. The van der Waals surface area contributed by atoms with Gasteiger partial charge in [-0.05, 0) is 92.3 Å². The number of anilines is 2. The standard InChI is InChI=1S/C35H32N4O4S2/c1-22(32(40)39-35-29(21-36)28-13-6-7-14-31(28)45-35)44-27-12-8-11-25(20-27)37-34(42)30(19-23-15-17-26(43-2)18-16-23)38-33(41)24-9-4-3-5-10-24/h3-5,8-12,15-20,22H,6-7,13-14H2,1-2H3,(H,37,42)(H,38,41)(H,39,40)/b30-19+. The van der Waals surface area contributed by atoms with Gasteiger partial charge in [0.2, 0.25) is 5.91 Å². The molecule has 3 aromatic carbocycles. The number of fused-ring (bicyclic) bond motifs is 1. The van der Waals surface area contributed by atoms with Crippen molar-refractivity contribution in [2.75, 3.05) is 17.7 Å². The van der Waals surface area contributed by atoms with E-state index in [1.165, 1.54) is 28.0 Å². The number of nitrogens with zero attached hydrogens (tertiary/aromatic N) is 1. The van der Waals surface area contributed by atoms with E-state index in [2.05, 4.69) is 22.0 Å². The minimum atomic E-state index is -0.506. The van der Waals surface area contributed by atoms with E-state index in [1.807, 2.05) is 12.1 Å². The van der Waals surface area contributed by atoms with Crippen LogP contribution in [0.1, 0.15) is 51.7 Å². The molecule has 1 aliphatic carbocycles. The zero-order valence-electron chi connectivity index (χ0n) is 24.9. The average Bonchev–Trinajstić information content (AvgIpc) is 3.42. The number of carbonyl (C=O) groups is 3. The van der Waals surface area contributed by atoms with E-state index >= 15 is 0 Å². The molecule has 4 aromatic rings. The fraction of sp³-hybridized carbons (Fsp3) is 0.200. The van der Waals surface area contributed by atoms with Crippen molar-refractivity contribution in [2.24, 2.45) is 0 Å². The number of ether oxygens (including phenoxy) is 1. The van der Waals surface area contributed by atoms with Gasteiger partial charge < -0.3 is 20.7 Å². The zero-order chi connectivity index (χ0) is 31.8. The molecular weight excluding hydrogens is 605 g/mol. The number of hydrogen-bond donors (Lipinski definition) is 3. The number of amides is 3. The normalized spacial score (nSPS) is 13.1. The lowest BCUT2D eigenvalue weighted by atomic mass is 9.96. The molecule has 0 spiro atoms. The maximum atomic E-state index is 13.5. The Balaban J connectivity index is 1.28. The van der Waals surface area contributed by atoms with Crippen molar-refractivity contribution < 1.29 is 19.1 Å². The molecule has 3 N–H and O–H groups in total. The van der Waals surface area contributed by atoms with E-state index in [0.29, 0.717) is 33.1 Å². The lowest BCUT2D eigenvalue weighted by Crippen LogP contribution is -2.30. The molecule has 1 aromatic heterocycles. The second-order valence-corrected chi connectivity index (χ2v) is 12.9. The molecule has 1 aliphatic rings. The number of methoxy groups -OCH3 is 1. The molecule has 10 heteroatoms. The summed E-state index contributed by atoms with van der Waals surface area (Å²) < 4.78 is 5.22. The highest BCUT2D eigenvalue weighted by atomic mass is 32.2. The predicted molar refractivity (Wildman–Crippen MR) is 180 cm³/mol. The van der Waals surface area contributed by atoms with E-state index in [0.717, 1.165) is 36.1 Å². The maximum Gasteiger partial charge on any atom is 0.272 e. The van der Waals surface area contributed by atoms with Gasteiger partial charge in [0, 0.05) is 21.0 Å². The topological polar surface area (TPSA) is 120 Å². The van der Waals surface area contributed by atoms with Crippen molar-refractivity contribution in [2.45, 2.75) is 42.8 Å². The van der Waals surface area contributed by atoms with E-state index in [-0.39, 0.29) is 11.6 Å². The Hall–Kier alpha value is -4.85. The second-order valence-electron chi connectivity index (χ2n) is 10.4. The monoisotopic (exact) mass is 636 g/mol. The summed E-state index contributed by atoms with van der Waals surface area (Å²) in [7, 11) is 1.57. The number of nitriles is 1. The van der Waals surface area contributed by atoms with Gasteiger partial charge in [-0.2, -0.15) is 5.26 Å². The number of thiophene rings is 1. The molecule has 0 saturated carbocycles. The SMILES string of the molecule is COc1ccc(/C=C(/NC(=O)c2ccccc2)C(=O)Nc2cccc(SC(C)C(=O)Nc3sc4c(c3C#N)CCCC4)c2)cc1. The Morgan fingerprint density at radius 3 is 2.47 bits per heavy atom. The van der Waals surface area contributed by atoms with Gasteiger partial charge in [-0.1, -0.05) is 36.4 Å². The second kappa shape index (κ2) is 14.8. The average molecular weight is 637 g/mol. The summed E-state index contributed by atoms with van der Waals surface area (Å²) in [5.41, 5.74) is 3.35. The van der Waals surface area contributed by atoms with E-state index in [9.17, 15) is 19.6 Å². The molecule has 0 aliphatic heterocycles. The molecule has 0 bridgehead atoms. The minimum absolute atomic E-state index is 0.0618. The predicted octanol–water partition coefficient (Wildman–Crippen LogP) is 7.04. The first kappa shape index (κ1) is 31.6. The van der Waals surface area contributed by atoms with Crippen molar-refractivity contribution >= 4 is 57.6 Å². The van der Waals surface area contributed by atoms with Crippen molar-refractivity contribution in [3.63, 3.8) is 0 Å². The summed E-state index contributed by atoms with van der Waals surface area (Å²) in [6.07, 6.45) is 5.57. The van der Waals surface area contributed by atoms with Gasteiger partial charge in [0.1, 0.15) is 22.5 Å². The van der Waals surface area contributed by atoms with Gasteiger partial charge in [0.25, 0.3) is 11.8 Å². The van der Waals surface area contributed by atoms with Gasteiger partial charge in [0.05, 0.1) is 17.9 Å². The number of hydrogen-bond acceptors (Lipinski definition) is 7. The van der Waals surface area contributed by atoms with Crippen LogP contribution in [-0.4, -0.2) is 30.1 Å². The smallest absolute Gasteiger partial charge is 0.272 e. The molecule has 45 heavy (non-hydrogen) atoms. The van der Waals surface area contributed by atoms with Crippen LogP contribution in [0, 0.1) is 11.3 Å². The third-order valence-electron chi connectivity index (χ3n) is 7.25. The van der Waals surface area contributed by atoms with Gasteiger partial charge in [-0.25, -0.2) is 0 Å². The van der Waals surface area contributed by atoms with Crippen LogP contribution in [0.2, 0.25) is 0 Å². The van der Waals surface area contributed by atoms with E-state index in [1.54, 1.807) is 86.8 Å². The molecule has 5 rings (SSSR count). The summed E-state index contributed by atoms with van der Waals surface area (Å²) >= 11 is 2.85. The molecule has 0 saturated heterocycles. The first-order chi connectivity index (χ1) is 21.8. The van der Waals surface area contributed by atoms with Gasteiger partial charge >= 0.3 is 0 Å². The van der Waals surface area contributed by atoms with Crippen molar-refractivity contribution in [3.05, 3.63) is 112 Å². The largest absolute Gasteiger partial charge is 0.497 e. The minimum Gasteiger partial charge on any atom is -0.497 e. The van der Waals surface area contributed by atoms with Crippen LogP contribution in [-0.2, 0) is 22.4 Å². The van der Waals surface area contributed by atoms with Crippen molar-refractivity contribution in [3.8, 4) is 11.8 Å². The van der Waals surface area contributed by atoms with Gasteiger partial charge in [-0.3, -0.25) is 14.4 Å². The molecule has 1 heterocycles. The summed E-state index contributed by atoms with van der Waals surface area (Å²) in [5, 5.41) is 18.5. The Kier molecular flexibility index (Phi) is 10.3. The fourth-order valence-corrected chi connectivity index (χ4v) is 7.07. The molecule has 3 amide bonds. The summed E-state index contributed by atoms with van der Waals surface area (Å²) in [6.45, 7) is 1.81. The fourth-order valence-electron chi connectivity index (χ4n) is 4.90. The summed E-state index contributed by atoms with van der Waals surface area (Å²) in [6, 6.07) is 25.2. The van der Waals surface area contributed by atoms with Crippen LogP contribution in [0.25, 0.3) is 6.08 Å². The number of aryl methyl sites for hydroxylation is 1. The molecule has 8 nitrogen and oxygen atoms in total. The third-order valence-corrected chi connectivity index (χ3v) is 9.55. The van der Waals surface area contributed by atoms with Crippen LogP contribution >= 0.6 is 23.1 Å². The highest BCUT2D eigenvalue weighted by Gasteiger charge is 2.24. The number of thioether (sulfide) groups is 1. The molecule has 1 unspecified atom stereocenters. The lowest BCUT2D eigenvalue weighted by Gasteiger charge is -2.14. The first-order valence-electron chi connectivity index (χ1n) is 14.5. The third kappa shape index (κ3) is 8.01. The van der Waals surface area contributed by atoms with Crippen LogP contribution in [0.4, 0.5) is 10.7 Å². The zero-order valence-corrected chi connectivity index (χ0v) is 26.5. The Morgan fingerprint density at radius 2 is 1.73 bits per heavy atom. The Morgan fingerprint density at radius 1 is 0.978 bits per heavy atom. The van der Waals surface area contributed by atoms with Gasteiger partial charge in [0.15, 0.2) is 0 Å². The molecule has 1 atom stereocenters. The summed E-state index contributed by atoms with van der Waals surface area (Å²) in [4.78, 5) is 41.5. The van der Waals surface area contributed by atoms with Crippen molar-refractivity contribution in [1.82, 2.24) is 5.32 Å². The lowest BCUT2D eigenvalue weighted by molar-refractivity contribution is -0.115. The van der Waals surface area contributed by atoms with E-state index in [4.69, 9.17) is 4.74 Å².